The molecular formula is C13H24N2O3. The summed E-state index contributed by atoms with van der Waals surface area (Å²) in [5.74, 6) is -0.163. The van der Waals surface area contributed by atoms with Gasteiger partial charge >= 0.3 is 0 Å². The van der Waals surface area contributed by atoms with Crippen molar-refractivity contribution in [1.29, 1.82) is 0 Å². The number of carbonyl (C=O) groups excluding carboxylic acids is 1. The van der Waals surface area contributed by atoms with Gasteiger partial charge in [0.15, 0.2) is 0 Å². The van der Waals surface area contributed by atoms with Crippen molar-refractivity contribution >= 4 is 5.91 Å². The van der Waals surface area contributed by atoms with E-state index in [1.54, 1.807) is 4.90 Å². The number of nitrogens with one attached hydrogen (secondary N) is 1. The number of rotatable bonds is 3. The molecule has 0 saturated carbocycles. The first kappa shape index (κ1) is 13.8. The Kier molecular flexibility index (Phi) is 4.59. The predicted octanol–water partition coefficient (Wildman–Crippen LogP) is 0.128. The smallest absolute Gasteiger partial charge is 0.248 e. The molecule has 2 N–H and O–H groups in total. The van der Waals surface area contributed by atoms with E-state index in [4.69, 9.17) is 9.84 Å². The van der Waals surface area contributed by atoms with Crippen molar-refractivity contribution in [2.45, 2.75) is 44.2 Å². The third-order valence-corrected chi connectivity index (χ3v) is 4.15. The lowest BCUT2D eigenvalue weighted by molar-refractivity contribution is -0.147. The van der Waals surface area contributed by atoms with Crippen LogP contribution in [0.15, 0.2) is 0 Å². The molecule has 104 valence electrons. The van der Waals surface area contributed by atoms with Crippen LogP contribution in [0.5, 0.6) is 0 Å². The van der Waals surface area contributed by atoms with Crippen LogP contribution in [0.1, 0.15) is 32.6 Å². The Hall–Kier alpha value is -0.650. The SMILES string of the molecule is CCN[C@H]1CCOC2(CCN(C(=O)CO)CC2)C1. The topological polar surface area (TPSA) is 61.8 Å². The maximum absolute atomic E-state index is 11.4. The molecule has 1 spiro atoms. The summed E-state index contributed by atoms with van der Waals surface area (Å²) in [4.78, 5) is 13.2. The number of amides is 1. The minimum atomic E-state index is -0.381. The second-order valence-corrected chi connectivity index (χ2v) is 5.32. The number of carbonyl (C=O) groups is 1. The number of ether oxygens (including phenoxy) is 1. The van der Waals surface area contributed by atoms with Crippen LogP contribution < -0.4 is 5.32 Å². The summed E-state index contributed by atoms with van der Waals surface area (Å²) in [6.45, 7) is 4.97. The summed E-state index contributed by atoms with van der Waals surface area (Å²) in [6.07, 6.45) is 3.90. The van der Waals surface area contributed by atoms with Gasteiger partial charge in [-0.25, -0.2) is 0 Å². The van der Waals surface area contributed by atoms with E-state index in [-0.39, 0.29) is 18.1 Å². The zero-order chi connectivity index (χ0) is 13.0. The van der Waals surface area contributed by atoms with Gasteiger partial charge in [-0.15, -0.1) is 0 Å². The van der Waals surface area contributed by atoms with Crippen LogP contribution in [-0.2, 0) is 9.53 Å². The maximum atomic E-state index is 11.4. The lowest BCUT2D eigenvalue weighted by Crippen LogP contribution is -2.54. The van der Waals surface area contributed by atoms with Crippen molar-refractivity contribution in [1.82, 2.24) is 10.2 Å². The van der Waals surface area contributed by atoms with Gasteiger partial charge in [-0.3, -0.25) is 4.79 Å². The number of hydrogen-bond donors (Lipinski definition) is 2. The fourth-order valence-electron chi connectivity index (χ4n) is 3.10. The molecule has 1 atom stereocenters. The lowest BCUT2D eigenvalue weighted by atomic mass is 9.82. The number of aliphatic hydroxyl groups excluding tert-OH is 1. The lowest BCUT2D eigenvalue weighted by Gasteiger charge is -2.46. The Morgan fingerprint density at radius 2 is 2.22 bits per heavy atom. The van der Waals surface area contributed by atoms with Gasteiger partial charge in [0.1, 0.15) is 6.61 Å². The highest BCUT2D eigenvalue weighted by Gasteiger charge is 2.40. The highest BCUT2D eigenvalue weighted by molar-refractivity contribution is 5.77. The van der Waals surface area contributed by atoms with Crippen LogP contribution in [0, 0.1) is 0 Å². The largest absolute Gasteiger partial charge is 0.387 e. The van der Waals surface area contributed by atoms with Crippen LogP contribution >= 0.6 is 0 Å². The Morgan fingerprint density at radius 1 is 1.50 bits per heavy atom. The first-order valence-corrected chi connectivity index (χ1v) is 6.95. The molecule has 0 bridgehead atoms. The van der Waals surface area contributed by atoms with E-state index in [0.29, 0.717) is 19.1 Å². The number of nitrogens with zero attached hydrogens (tertiary/aromatic N) is 1. The summed E-state index contributed by atoms with van der Waals surface area (Å²) in [6, 6.07) is 0.545. The number of aliphatic hydroxyl groups is 1. The van der Waals surface area contributed by atoms with Gasteiger partial charge in [-0.05, 0) is 32.2 Å². The van der Waals surface area contributed by atoms with Crippen LogP contribution in [0.4, 0.5) is 0 Å². The number of hydrogen-bond acceptors (Lipinski definition) is 4. The van der Waals surface area contributed by atoms with E-state index in [0.717, 1.165) is 38.8 Å². The molecule has 2 fully saturated rings. The predicted molar refractivity (Wildman–Crippen MR) is 68.3 cm³/mol. The minimum absolute atomic E-state index is 0.0443. The van der Waals surface area contributed by atoms with E-state index in [9.17, 15) is 4.79 Å². The first-order chi connectivity index (χ1) is 8.69. The Labute approximate surface area is 108 Å². The highest BCUT2D eigenvalue weighted by atomic mass is 16.5. The van der Waals surface area contributed by atoms with E-state index < -0.39 is 0 Å². The molecular weight excluding hydrogens is 232 g/mol. The third kappa shape index (κ3) is 3.02. The second-order valence-electron chi connectivity index (χ2n) is 5.32. The molecule has 2 heterocycles. The molecule has 2 rings (SSSR count). The zero-order valence-electron chi connectivity index (χ0n) is 11.2. The van der Waals surface area contributed by atoms with Crippen LogP contribution in [0.25, 0.3) is 0 Å². The Balaban J connectivity index is 1.88. The van der Waals surface area contributed by atoms with Crippen molar-refractivity contribution < 1.29 is 14.6 Å². The monoisotopic (exact) mass is 256 g/mol. The normalized spacial score (nSPS) is 27.4. The first-order valence-electron chi connectivity index (χ1n) is 6.95. The van der Waals surface area contributed by atoms with Crippen molar-refractivity contribution in [2.24, 2.45) is 0 Å². The van der Waals surface area contributed by atoms with Gasteiger partial charge in [-0.2, -0.15) is 0 Å². The molecule has 0 aromatic heterocycles. The van der Waals surface area contributed by atoms with Gasteiger partial charge in [0.2, 0.25) is 5.91 Å². The Bertz CT molecular complexity index is 286. The second kappa shape index (κ2) is 5.99. The molecule has 1 amide bonds. The molecule has 0 aromatic rings. The molecule has 0 radical (unpaired) electrons. The zero-order valence-corrected chi connectivity index (χ0v) is 11.2. The minimum Gasteiger partial charge on any atom is -0.387 e. The molecule has 0 aromatic carbocycles. The number of likely N-dealkylation sites (tertiary alicyclic amines) is 1. The van der Waals surface area contributed by atoms with Gasteiger partial charge in [-0.1, -0.05) is 6.92 Å². The van der Waals surface area contributed by atoms with E-state index in [1.165, 1.54) is 0 Å². The van der Waals surface area contributed by atoms with Crippen LogP contribution in [-0.4, -0.2) is 60.4 Å². The quantitative estimate of drug-likeness (QED) is 0.753. The summed E-state index contributed by atoms with van der Waals surface area (Å²) in [7, 11) is 0. The average Bonchev–Trinajstić information content (AvgIpc) is 2.39. The molecule has 2 aliphatic rings. The van der Waals surface area contributed by atoms with Crippen LogP contribution in [0.2, 0.25) is 0 Å². The van der Waals surface area contributed by atoms with Crippen molar-refractivity contribution in [3.8, 4) is 0 Å². The fourth-order valence-corrected chi connectivity index (χ4v) is 3.10. The fraction of sp³-hybridized carbons (Fsp3) is 0.923. The van der Waals surface area contributed by atoms with Crippen molar-refractivity contribution in [2.75, 3.05) is 32.8 Å². The van der Waals surface area contributed by atoms with Gasteiger partial charge in [0.25, 0.3) is 0 Å². The van der Waals surface area contributed by atoms with Gasteiger partial charge < -0.3 is 20.1 Å². The summed E-state index contributed by atoms with van der Waals surface area (Å²) in [5.41, 5.74) is -0.0443. The summed E-state index contributed by atoms with van der Waals surface area (Å²) in [5, 5.41) is 12.4. The highest BCUT2D eigenvalue weighted by Crippen LogP contribution is 2.34. The third-order valence-electron chi connectivity index (χ3n) is 4.15. The molecule has 2 aliphatic heterocycles. The van der Waals surface area contributed by atoms with Gasteiger partial charge in [0.05, 0.1) is 5.60 Å². The molecule has 18 heavy (non-hydrogen) atoms. The van der Waals surface area contributed by atoms with Crippen molar-refractivity contribution in [3.63, 3.8) is 0 Å². The van der Waals surface area contributed by atoms with E-state index >= 15 is 0 Å². The standard InChI is InChI=1S/C13H24N2O3/c1-2-14-11-3-8-18-13(9-11)4-6-15(7-5-13)12(17)10-16/h11,14,16H,2-10H2,1H3/t11-/m0/s1. The average molecular weight is 256 g/mol. The molecule has 2 saturated heterocycles. The van der Waals surface area contributed by atoms with Crippen LogP contribution in [0.3, 0.4) is 0 Å². The number of piperidine rings is 1. The van der Waals surface area contributed by atoms with Gasteiger partial charge in [0, 0.05) is 25.7 Å². The molecule has 0 aliphatic carbocycles. The van der Waals surface area contributed by atoms with E-state index in [1.807, 2.05) is 0 Å². The molecule has 5 heteroatoms. The van der Waals surface area contributed by atoms with Crippen molar-refractivity contribution in [3.05, 3.63) is 0 Å². The summed E-state index contributed by atoms with van der Waals surface area (Å²) < 4.78 is 6.00. The maximum Gasteiger partial charge on any atom is 0.248 e. The van der Waals surface area contributed by atoms with E-state index in [2.05, 4.69) is 12.2 Å². The summed E-state index contributed by atoms with van der Waals surface area (Å²) >= 11 is 0. The Morgan fingerprint density at radius 3 is 2.83 bits per heavy atom. The molecule has 5 nitrogen and oxygen atoms in total. The molecule has 0 unspecified atom stereocenters.